The minimum absolute atomic E-state index is 0.259. The molecule has 0 radical (unpaired) electrons. The summed E-state index contributed by atoms with van der Waals surface area (Å²) in [6, 6.07) is 1.92. The zero-order valence-corrected chi connectivity index (χ0v) is 8.54. The van der Waals surface area contributed by atoms with Gasteiger partial charge < -0.3 is 5.32 Å². The van der Waals surface area contributed by atoms with Crippen molar-refractivity contribution < 1.29 is 4.21 Å². The van der Waals surface area contributed by atoms with Gasteiger partial charge in [0.15, 0.2) is 11.5 Å². The number of rotatable bonds is 4. The summed E-state index contributed by atoms with van der Waals surface area (Å²) in [7, 11) is -0.841. The van der Waals surface area contributed by atoms with E-state index in [1.807, 2.05) is 6.07 Å². The number of anilines is 1. The largest absolute Gasteiger partial charge is 0.367 e. The number of hydrogen-bond donors (Lipinski definition) is 1. The molecular weight excluding hydrogens is 200 g/mol. The monoisotopic (exact) mass is 210 g/mol. The molecule has 0 bridgehead atoms. The smallest absolute Gasteiger partial charge is 0.182 e. The number of hydrogen-bond acceptors (Lipinski definition) is 5. The van der Waals surface area contributed by atoms with E-state index in [9.17, 15) is 4.21 Å². The summed E-state index contributed by atoms with van der Waals surface area (Å²) in [6.07, 6.45) is 4.59. The van der Waals surface area contributed by atoms with Gasteiger partial charge in [0.25, 0.3) is 0 Å². The van der Waals surface area contributed by atoms with Gasteiger partial charge in [0.1, 0.15) is 6.07 Å². The third-order valence-corrected chi connectivity index (χ3v) is 2.27. The van der Waals surface area contributed by atoms with E-state index in [1.54, 1.807) is 6.26 Å². The Morgan fingerprint density at radius 1 is 1.57 bits per heavy atom. The van der Waals surface area contributed by atoms with E-state index < -0.39 is 10.8 Å². The van der Waals surface area contributed by atoms with E-state index in [0.29, 0.717) is 18.1 Å². The minimum atomic E-state index is -0.841. The normalized spacial score (nSPS) is 11.7. The first-order valence-corrected chi connectivity index (χ1v) is 5.71. The topological polar surface area (TPSA) is 78.7 Å². The second-order valence-corrected chi connectivity index (χ2v) is 4.12. The molecule has 0 fully saturated rings. The zero-order chi connectivity index (χ0) is 10.4. The fourth-order valence-corrected chi connectivity index (χ4v) is 1.25. The average Bonchev–Trinajstić information content (AvgIpc) is 2.18. The van der Waals surface area contributed by atoms with E-state index in [2.05, 4.69) is 15.3 Å². The highest BCUT2D eigenvalue weighted by Gasteiger charge is 2.02. The summed E-state index contributed by atoms with van der Waals surface area (Å²) >= 11 is 0. The van der Waals surface area contributed by atoms with Gasteiger partial charge in [-0.1, -0.05) is 0 Å². The Bertz CT molecular complexity index is 374. The highest BCUT2D eigenvalue weighted by Crippen LogP contribution is 2.05. The van der Waals surface area contributed by atoms with Gasteiger partial charge in [-0.15, -0.1) is 0 Å². The third kappa shape index (κ3) is 3.11. The summed E-state index contributed by atoms with van der Waals surface area (Å²) in [5, 5.41) is 11.6. The fourth-order valence-electron chi connectivity index (χ4n) is 0.862. The highest BCUT2D eigenvalue weighted by molar-refractivity contribution is 7.84. The van der Waals surface area contributed by atoms with E-state index in [4.69, 9.17) is 5.26 Å². The van der Waals surface area contributed by atoms with Crippen LogP contribution in [0.3, 0.4) is 0 Å². The lowest BCUT2D eigenvalue weighted by atomic mass is 10.4. The molecule has 0 aliphatic carbocycles. The lowest BCUT2D eigenvalue weighted by Crippen LogP contribution is -2.12. The van der Waals surface area contributed by atoms with Crippen LogP contribution in [0.1, 0.15) is 5.69 Å². The van der Waals surface area contributed by atoms with Crippen molar-refractivity contribution in [2.45, 2.75) is 0 Å². The van der Waals surface area contributed by atoms with Crippen molar-refractivity contribution >= 4 is 16.6 Å². The van der Waals surface area contributed by atoms with Crippen LogP contribution in [0.25, 0.3) is 0 Å². The van der Waals surface area contributed by atoms with Gasteiger partial charge in [-0.3, -0.25) is 4.21 Å². The van der Waals surface area contributed by atoms with Crippen molar-refractivity contribution in [1.82, 2.24) is 9.97 Å². The molecule has 1 rings (SSSR count). The molecule has 0 saturated carbocycles. The van der Waals surface area contributed by atoms with E-state index >= 15 is 0 Å². The predicted octanol–water partition coefficient (Wildman–Crippen LogP) is 0.139. The number of nitriles is 1. The molecule has 1 heterocycles. The van der Waals surface area contributed by atoms with Crippen LogP contribution in [0.2, 0.25) is 0 Å². The summed E-state index contributed by atoms with van der Waals surface area (Å²) < 4.78 is 10.8. The Kier molecular flexibility index (Phi) is 4.01. The Morgan fingerprint density at radius 3 is 2.93 bits per heavy atom. The first-order valence-electron chi connectivity index (χ1n) is 3.99. The Morgan fingerprint density at radius 2 is 2.29 bits per heavy atom. The first kappa shape index (κ1) is 10.6. The molecule has 74 valence electrons. The van der Waals surface area contributed by atoms with Gasteiger partial charge in [-0.25, -0.2) is 9.97 Å². The summed E-state index contributed by atoms with van der Waals surface area (Å²) in [4.78, 5) is 7.78. The van der Waals surface area contributed by atoms with E-state index in [1.165, 1.54) is 12.4 Å². The molecule has 1 N–H and O–H groups in total. The van der Waals surface area contributed by atoms with Gasteiger partial charge in [0.05, 0.1) is 0 Å². The van der Waals surface area contributed by atoms with Gasteiger partial charge >= 0.3 is 0 Å². The summed E-state index contributed by atoms with van der Waals surface area (Å²) in [5.41, 5.74) is 0.259. The van der Waals surface area contributed by atoms with Crippen LogP contribution >= 0.6 is 0 Å². The molecule has 0 amide bonds. The van der Waals surface area contributed by atoms with Crippen LogP contribution in [0.4, 0.5) is 5.82 Å². The average molecular weight is 210 g/mol. The van der Waals surface area contributed by atoms with Crippen molar-refractivity contribution in [3.05, 3.63) is 18.1 Å². The third-order valence-electron chi connectivity index (χ3n) is 1.49. The van der Waals surface area contributed by atoms with Gasteiger partial charge in [0, 0.05) is 41.7 Å². The van der Waals surface area contributed by atoms with Crippen molar-refractivity contribution in [3.8, 4) is 6.07 Å². The van der Waals surface area contributed by atoms with Crippen LogP contribution in [0.5, 0.6) is 0 Å². The first-order chi connectivity index (χ1) is 6.74. The Labute approximate surface area is 84.6 Å². The number of nitrogens with one attached hydrogen (secondary N) is 1. The molecule has 1 aromatic heterocycles. The van der Waals surface area contributed by atoms with Crippen LogP contribution in [0.15, 0.2) is 12.4 Å². The zero-order valence-electron chi connectivity index (χ0n) is 7.73. The van der Waals surface area contributed by atoms with Crippen molar-refractivity contribution in [3.63, 3.8) is 0 Å². The SMILES string of the molecule is CS(=O)CCNc1nccnc1C#N. The lowest BCUT2D eigenvalue weighted by molar-refractivity contribution is 0.687. The van der Waals surface area contributed by atoms with Crippen LogP contribution in [-0.4, -0.2) is 32.7 Å². The Hall–Kier alpha value is -1.48. The molecule has 0 aromatic carbocycles. The molecule has 14 heavy (non-hydrogen) atoms. The maximum absolute atomic E-state index is 10.8. The quantitative estimate of drug-likeness (QED) is 0.764. The second-order valence-electron chi connectivity index (χ2n) is 2.57. The van der Waals surface area contributed by atoms with Crippen LogP contribution < -0.4 is 5.32 Å². The molecule has 0 saturated heterocycles. The fraction of sp³-hybridized carbons (Fsp3) is 0.375. The molecular formula is C8H10N4OS. The molecule has 0 spiro atoms. The van der Waals surface area contributed by atoms with Crippen molar-refractivity contribution in [2.24, 2.45) is 0 Å². The number of nitrogens with zero attached hydrogens (tertiary/aromatic N) is 3. The molecule has 5 nitrogen and oxygen atoms in total. The molecule has 1 unspecified atom stereocenters. The highest BCUT2D eigenvalue weighted by atomic mass is 32.2. The van der Waals surface area contributed by atoms with Crippen molar-refractivity contribution in [2.75, 3.05) is 23.9 Å². The maximum Gasteiger partial charge on any atom is 0.182 e. The minimum Gasteiger partial charge on any atom is -0.367 e. The molecule has 6 heteroatoms. The van der Waals surface area contributed by atoms with Gasteiger partial charge in [-0.2, -0.15) is 5.26 Å². The molecule has 0 aliphatic rings. The second kappa shape index (κ2) is 5.29. The molecule has 1 aromatic rings. The summed E-state index contributed by atoms with van der Waals surface area (Å²) in [5.74, 6) is 0.974. The van der Waals surface area contributed by atoms with E-state index in [0.717, 1.165) is 0 Å². The van der Waals surface area contributed by atoms with Crippen molar-refractivity contribution in [1.29, 1.82) is 5.26 Å². The van der Waals surface area contributed by atoms with Gasteiger partial charge in [0.2, 0.25) is 0 Å². The van der Waals surface area contributed by atoms with Gasteiger partial charge in [-0.05, 0) is 0 Å². The molecule has 1 atom stereocenters. The van der Waals surface area contributed by atoms with Crippen LogP contribution in [-0.2, 0) is 10.8 Å². The maximum atomic E-state index is 10.8. The predicted molar refractivity (Wildman–Crippen MR) is 54.2 cm³/mol. The Balaban J connectivity index is 2.59. The standard InChI is InChI=1S/C8H10N4OS/c1-14(13)5-4-12-8-7(6-9)10-2-3-11-8/h2-3H,4-5H2,1H3,(H,11,12). The van der Waals surface area contributed by atoms with Crippen LogP contribution in [0, 0.1) is 11.3 Å². The summed E-state index contributed by atoms with van der Waals surface area (Å²) in [6.45, 7) is 0.524. The molecule has 0 aliphatic heterocycles. The lowest BCUT2D eigenvalue weighted by Gasteiger charge is -2.03. The van der Waals surface area contributed by atoms with E-state index in [-0.39, 0.29) is 5.69 Å². The number of aromatic nitrogens is 2.